The lowest BCUT2D eigenvalue weighted by molar-refractivity contribution is -0.256. The lowest BCUT2D eigenvalue weighted by Gasteiger charge is -2.17. The summed E-state index contributed by atoms with van der Waals surface area (Å²) in [5, 5.41) is 10.8. The van der Waals surface area contributed by atoms with Crippen LogP contribution in [-0.2, 0) is 12.6 Å². The van der Waals surface area contributed by atoms with Gasteiger partial charge >= 0.3 is 6.18 Å². The lowest BCUT2D eigenvalue weighted by Crippen LogP contribution is -2.29. The van der Waals surface area contributed by atoms with Gasteiger partial charge in [-0.2, -0.15) is 13.2 Å². The second kappa shape index (κ2) is 4.73. The molecule has 1 heterocycles. The van der Waals surface area contributed by atoms with Crippen LogP contribution in [-0.4, -0.2) is 11.0 Å². The van der Waals surface area contributed by atoms with Crippen LogP contribution in [0.2, 0.25) is 0 Å². The Labute approximate surface area is 96.3 Å². The SMILES string of the molecule is CC(C)Cc1ccnc(C(F)(F)F)c1C(=O)[O-]. The van der Waals surface area contributed by atoms with Gasteiger partial charge in [-0.15, -0.1) is 0 Å². The van der Waals surface area contributed by atoms with Gasteiger partial charge in [0.15, 0.2) is 5.69 Å². The van der Waals surface area contributed by atoms with Gasteiger partial charge in [0.25, 0.3) is 0 Å². The molecule has 0 amide bonds. The summed E-state index contributed by atoms with van der Waals surface area (Å²) in [5.74, 6) is -1.81. The van der Waals surface area contributed by atoms with Gasteiger partial charge in [-0.3, -0.25) is 4.98 Å². The molecular formula is C11H11F3NO2-. The monoisotopic (exact) mass is 246 g/mol. The van der Waals surface area contributed by atoms with Crippen molar-refractivity contribution in [2.75, 3.05) is 0 Å². The quantitative estimate of drug-likeness (QED) is 0.815. The zero-order valence-corrected chi connectivity index (χ0v) is 9.34. The number of carbonyl (C=O) groups is 1. The summed E-state index contributed by atoms with van der Waals surface area (Å²) in [5.41, 5.74) is -2.15. The van der Waals surface area contributed by atoms with E-state index < -0.39 is 23.4 Å². The first-order valence-corrected chi connectivity index (χ1v) is 5.00. The minimum absolute atomic E-state index is 0.0385. The summed E-state index contributed by atoms with van der Waals surface area (Å²) in [6.07, 6.45) is -3.59. The number of pyridine rings is 1. The molecule has 0 saturated carbocycles. The number of rotatable bonds is 3. The second-order valence-corrected chi connectivity index (χ2v) is 4.08. The minimum Gasteiger partial charge on any atom is -0.545 e. The fraction of sp³-hybridized carbons (Fsp3) is 0.455. The standard InChI is InChI=1S/C11H12F3NO2/c1-6(2)5-7-3-4-15-9(11(12,13)14)8(7)10(16)17/h3-4,6H,5H2,1-2H3,(H,16,17)/p-1. The number of nitrogens with zero attached hydrogens (tertiary/aromatic N) is 1. The molecule has 94 valence electrons. The molecule has 0 aliphatic carbocycles. The largest absolute Gasteiger partial charge is 0.545 e. The van der Waals surface area contributed by atoms with Crippen LogP contribution in [0.25, 0.3) is 0 Å². The van der Waals surface area contributed by atoms with Gasteiger partial charge in [0.2, 0.25) is 0 Å². The van der Waals surface area contributed by atoms with Crippen molar-refractivity contribution in [3.63, 3.8) is 0 Å². The Balaban J connectivity index is 3.38. The predicted molar refractivity (Wildman–Crippen MR) is 52.1 cm³/mol. The van der Waals surface area contributed by atoms with Gasteiger partial charge in [0, 0.05) is 11.8 Å². The molecule has 0 aliphatic heterocycles. The Bertz CT molecular complexity index is 427. The van der Waals surface area contributed by atoms with Gasteiger partial charge in [0.05, 0.1) is 5.97 Å². The molecule has 17 heavy (non-hydrogen) atoms. The van der Waals surface area contributed by atoms with Crippen LogP contribution in [0.1, 0.15) is 35.5 Å². The summed E-state index contributed by atoms with van der Waals surface area (Å²) in [6, 6.07) is 1.28. The Kier molecular flexibility index (Phi) is 3.75. The summed E-state index contributed by atoms with van der Waals surface area (Å²) in [6.45, 7) is 3.57. The molecule has 1 aromatic rings. The normalized spacial score (nSPS) is 11.9. The highest BCUT2D eigenvalue weighted by Crippen LogP contribution is 2.31. The molecular weight excluding hydrogens is 235 g/mol. The van der Waals surface area contributed by atoms with E-state index in [1.165, 1.54) is 6.07 Å². The fourth-order valence-electron chi connectivity index (χ4n) is 1.55. The molecule has 0 spiro atoms. The van der Waals surface area contributed by atoms with Crippen LogP contribution in [0, 0.1) is 5.92 Å². The van der Waals surface area contributed by atoms with Crippen LogP contribution in [0.4, 0.5) is 13.2 Å². The number of hydrogen-bond acceptors (Lipinski definition) is 3. The van der Waals surface area contributed by atoms with Crippen LogP contribution in [0.3, 0.4) is 0 Å². The second-order valence-electron chi connectivity index (χ2n) is 4.08. The third-order valence-electron chi connectivity index (χ3n) is 2.14. The van der Waals surface area contributed by atoms with E-state index in [1.807, 2.05) is 0 Å². The van der Waals surface area contributed by atoms with E-state index in [2.05, 4.69) is 4.98 Å². The fourth-order valence-corrected chi connectivity index (χ4v) is 1.55. The number of aromatic carboxylic acids is 1. The smallest absolute Gasteiger partial charge is 0.434 e. The first kappa shape index (κ1) is 13.5. The molecule has 0 unspecified atom stereocenters. The first-order valence-electron chi connectivity index (χ1n) is 5.00. The number of alkyl halides is 3. The average Bonchev–Trinajstić information content (AvgIpc) is 2.14. The number of hydrogen-bond donors (Lipinski definition) is 0. The molecule has 0 atom stereocenters. The Morgan fingerprint density at radius 1 is 1.47 bits per heavy atom. The molecule has 1 rings (SSSR count). The number of carboxylic acids is 1. The molecule has 0 saturated heterocycles. The van der Waals surface area contributed by atoms with Gasteiger partial charge in [-0.25, -0.2) is 0 Å². The van der Waals surface area contributed by atoms with E-state index >= 15 is 0 Å². The maximum Gasteiger partial charge on any atom is 0.434 e. The molecule has 6 heteroatoms. The lowest BCUT2D eigenvalue weighted by atomic mass is 9.97. The zero-order chi connectivity index (χ0) is 13.2. The van der Waals surface area contributed by atoms with E-state index in [0.717, 1.165) is 6.20 Å². The Hall–Kier alpha value is -1.59. The molecule has 0 N–H and O–H groups in total. The van der Waals surface area contributed by atoms with Crippen molar-refractivity contribution in [1.82, 2.24) is 4.98 Å². The molecule has 0 aliphatic rings. The van der Waals surface area contributed by atoms with E-state index in [9.17, 15) is 23.1 Å². The van der Waals surface area contributed by atoms with Crippen LogP contribution < -0.4 is 5.11 Å². The minimum atomic E-state index is -4.79. The molecule has 0 fully saturated rings. The van der Waals surface area contributed by atoms with Crippen LogP contribution in [0.15, 0.2) is 12.3 Å². The van der Waals surface area contributed by atoms with Crippen LogP contribution in [0.5, 0.6) is 0 Å². The van der Waals surface area contributed by atoms with Crippen molar-refractivity contribution < 1.29 is 23.1 Å². The van der Waals surface area contributed by atoms with Crippen molar-refractivity contribution in [2.24, 2.45) is 5.92 Å². The van der Waals surface area contributed by atoms with E-state index in [4.69, 9.17) is 0 Å². The highest BCUT2D eigenvalue weighted by Gasteiger charge is 2.36. The Morgan fingerprint density at radius 2 is 2.06 bits per heavy atom. The first-order chi connectivity index (χ1) is 7.73. The number of halogens is 3. The maximum atomic E-state index is 12.6. The van der Waals surface area contributed by atoms with Gasteiger partial charge in [0.1, 0.15) is 0 Å². The molecule has 3 nitrogen and oxygen atoms in total. The highest BCUT2D eigenvalue weighted by atomic mass is 19.4. The summed E-state index contributed by atoms with van der Waals surface area (Å²) in [7, 11) is 0. The van der Waals surface area contributed by atoms with Crippen molar-refractivity contribution in [2.45, 2.75) is 26.4 Å². The number of aromatic nitrogens is 1. The topological polar surface area (TPSA) is 53.0 Å². The van der Waals surface area contributed by atoms with Crippen LogP contribution >= 0.6 is 0 Å². The Morgan fingerprint density at radius 3 is 2.47 bits per heavy atom. The summed E-state index contributed by atoms with van der Waals surface area (Å²) >= 11 is 0. The summed E-state index contributed by atoms with van der Waals surface area (Å²) in [4.78, 5) is 13.9. The van der Waals surface area contributed by atoms with Crippen molar-refractivity contribution >= 4 is 5.97 Å². The van der Waals surface area contributed by atoms with Gasteiger partial charge in [-0.1, -0.05) is 13.8 Å². The van der Waals surface area contributed by atoms with Gasteiger partial charge in [-0.05, 0) is 24.0 Å². The molecule has 1 aromatic heterocycles. The highest BCUT2D eigenvalue weighted by molar-refractivity contribution is 5.89. The molecule has 0 aromatic carbocycles. The van der Waals surface area contributed by atoms with Crippen molar-refractivity contribution in [1.29, 1.82) is 0 Å². The van der Waals surface area contributed by atoms with Crippen molar-refractivity contribution in [3.05, 3.63) is 29.1 Å². The van der Waals surface area contributed by atoms with Gasteiger partial charge < -0.3 is 9.90 Å². The third kappa shape index (κ3) is 3.18. The maximum absolute atomic E-state index is 12.6. The van der Waals surface area contributed by atoms with Crippen molar-refractivity contribution in [3.8, 4) is 0 Å². The predicted octanol–water partition coefficient (Wildman–Crippen LogP) is 1.66. The molecule has 0 bridgehead atoms. The average molecular weight is 246 g/mol. The summed E-state index contributed by atoms with van der Waals surface area (Å²) < 4.78 is 37.7. The number of carbonyl (C=O) groups excluding carboxylic acids is 1. The van der Waals surface area contributed by atoms with E-state index in [-0.39, 0.29) is 17.9 Å². The van der Waals surface area contributed by atoms with E-state index in [0.29, 0.717) is 0 Å². The molecule has 0 radical (unpaired) electrons. The number of carboxylic acid groups (broad SMARTS) is 1. The zero-order valence-electron chi connectivity index (χ0n) is 9.34. The van der Waals surface area contributed by atoms with E-state index in [1.54, 1.807) is 13.8 Å². The third-order valence-corrected chi connectivity index (χ3v) is 2.14.